The van der Waals surface area contributed by atoms with Gasteiger partial charge in [-0.05, 0) is 67.3 Å². The first kappa shape index (κ1) is 28.3. The van der Waals surface area contributed by atoms with E-state index in [1.54, 1.807) is 42.5 Å². The van der Waals surface area contributed by atoms with Gasteiger partial charge in [0.1, 0.15) is 11.5 Å². The third-order valence-electron chi connectivity index (χ3n) is 6.72. The summed E-state index contributed by atoms with van der Waals surface area (Å²) in [6.45, 7) is 0.640. The topological polar surface area (TPSA) is 160 Å². The zero-order valence-electron chi connectivity index (χ0n) is 22.7. The van der Waals surface area contributed by atoms with Gasteiger partial charge in [0.25, 0.3) is 5.91 Å². The van der Waals surface area contributed by atoms with Crippen molar-refractivity contribution in [2.45, 2.75) is 38.2 Å². The number of anilines is 2. The second-order valence-electron chi connectivity index (χ2n) is 9.73. The first-order valence-corrected chi connectivity index (χ1v) is 13.6. The molecule has 4 aromatic rings. The molecule has 1 aliphatic rings. The molecule has 0 saturated carbocycles. The van der Waals surface area contributed by atoms with Gasteiger partial charge in [0, 0.05) is 17.7 Å². The molecule has 0 aliphatic carbocycles. The number of aliphatic carboxylic acids is 1. The first-order valence-electron chi connectivity index (χ1n) is 13.6. The van der Waals surface area contributed by atoms with Crippen molar-refractivity contribution < 1.29 is 29.0 Å². The van der Waals surface area contributed by atoms with Crippen molar-refractivity contribution in [3.05, 3.63) is 89.7 Å². The number of aryl methyl sites for hydroxylation is 1. The molecule has 3 aromatic carbocycles. The van der Waals surface area contributed by atoms with E-state index in [0.29, 0.717) is 35.0 Å². The third-order valence-corrected chi connectivity index (χ3v) is 6.72. The van der Waals surface area contributed by atoms with Gasteiger partial charge >= 0.3 is 5.97 Å². The molecule has 0 spiro atoms. The van der Waals surface area contributed by atoms with Gasteiger partial charge in [0.05, 0.1) is 25.3 Å². The van der Waals surface area contributed by atoms with E-state index in [0.717, 1.165) is 19.3 Å². The van der Waals surface area contributed by atoms with Crippen molar-refractivity contribution in [1.82, 2.24) is 20.6 Å². The second kappa shape index (κ2) is 13.4. The average Bonchev–Trinajstić information content (AvgIpc) is 3.55. The van der Waals surface area contributed by atoms with Gasteiger partial charge in [-0.2, -0.15) is 5.21 Å². The molecule has 5 rings (SSSR count). The molecule has 1 aliphatic heterocycles. The summed E-state index contributed by atoms with van der Waals surface area (Å²) in [7, 11) is 0. The van der Waals surface area contributed by atoms with E-state index in [1.807, 2.05) is 18.2 Å². The Kier molecular flexibility index (Phi) is 9.02. The Balaban J connectivity index is 1.20. The molecule has 1 aromatic heterocycles. The fourth-order valence-corrected chi connectivity index (χ4v) is 4.56. The normalized spacial score (nSPS) is 14.0. The molecule has 2 heterocycles. The fourth-order valence-electron chi connectivity index (χ4n) is 4.56. The van der Waals surface area contributed by atoms with Crippen LogP contribution in [0.2, 0.25) is 0 Å². The lowest BCUT2D eigenvalue weighted by Crippen LogP contribution is -2.40. The van der Waals surface area contributed by atoms with Crippen LogP contribution in [0.1, 0.15) is 53.5 Å². The number of amides is 2. The Bertz CT molecular complexity index is 1510. The number of nitrogens with zero attached hydrogens (tertiary/aromatic N) is 4. The summed E-state index contributed by atoms with van der Waals surface area (Å²) in [6.07, 6.45) is 1.73. The number of carbonyl (C=O) groups excluding carboxylic acids is 2. The first-order chi connectivity index (χ1) is 20.5. The van der Waals surface area contributed by atoms with Crippen LogP contribution in [0.5, 0.6) is 11.5 Å². The average molecular weight is 571 g/mol. The number of fused-ring (bicyclic) bond motifs is 1. The molecule has 1 atom stereocenters. The molecule has 12 nitrogen and oxygen atoms in total. The van der Waals surface area contributed by atoms with Crippen LogP contribution in [0.4, 0.5) is 11.4 Å². The van der Waals surface area contributed by atoms with Gasteiger partial charge in [-0.25, -0.2) is 0 Å². The lowest BCUT2D eigenvalue weighted by molar-refractivity contribution is -0.138. The van der Waals surface area contributed by atoms with E-state index in [2.05, 4.69) is 38.1 Å². The maximum Gasteiger partial charge on any atom is 0.303 e. The monoisotopic (exact) mass is 570 g/mol. The number of carbonyl (C=O) groups is 3. The van der Waals surface area contributed by atoms with Crippen LogP contribution in [0.15, 0.2) is 72.8 Å². The molecule has 0 bridgehead atoms. The number of H-pyrrole nitrogens is 1. The van der Waals surface area contributed by atoms with Gasteiger partial charge in [-0.1, -0.05) is 35.5 Å². The minimum Gasteiger partial charge on any atom is -0.494 e. The number of hydrogen-bond donors (Lipinski definition) is 3. The summed E-state index contributed by atoms with van der Waals surface area (Å²) in [5, 5.41) is 25.7. The minimum atomic E-state index is -1.08. The summed E-state index contributed by atoms with van der Waals surface area (Å²) in [4.78, 5) is 38.4. The molecular formula is C30H30N6O6. The highest BCUT2D eigenvalue weighted by Crippen LogP contribution is 2.39. The Morgan fingerprint density at radius 3 is 2.57 bits per heavy atom. The highest BCUT2D eigenvalue weighted by Gasteiger charge is 2.33. The quantitative estimate of drug-likeness (QED) is 0.212. The number of hydrogen-bond acceptors (Lipinski definition) is 8. The summed E-state index contributed by atoms with van der Waals surface area (Å²) < 4.78 is 11.8. The van der Waals surface area contributed by atoms with Crippen LogP contribution in [0.25, 0.3) is 0 Å². The summed E-state index contributed by atoms with van der Waals surface area (Å²) in [5.41, 5.74) is 2.59. The van der Waals surface area contributed by atoms with Gasteiger partial charge in [-0.15, -0.1) is 10.2 Å². The van der Waals surface area contributed by atoms with Crippen LogP contribution >= 0.6 is 0 Å². The maximum absolute atomic E-state index is 13.0. The van der Waals surface area contributed by atoms with E-state index in [9.17, 15) is 14.4 Å². The number of aromatic nitrogens is 4. The van der Waals surface area contributed by atoms with E-state index in [1.165, 1.54) is 10.5 Å². The number of carboxylic acids is 1. The highest BCUT2D eigenvalue weighted by atomic mass is 16.5. The SMILES string of the molecule is O=C(O)CCC(=O)N1CC(c2nn[nH]n2)Oc2ccc(NC(=O)c3ccc(OCCCCc4ccccc4)cc3)cc21. The summed E-state index contributed by atoms with van der Waals surface area (Å²) in [6, 6.07) is 22.1. The Hall–Kier alpha value is -5.26. The molecule has 1 unspecified atom stereocenters. The zero-order valence-corrected chi connectivity index (χ0v) is 22.7. The number of rotatable bonds is 12. The van der Waals surface area contributed by atoms with Crippen molar-refractivity contribution in [2.75, 3.05) is 23.4 Å². The van der Waals surface area contributed by atoms with Crippen LogP contribution in [0.3, 0.4) is 0 Å². The molecule has 2 amide bonds. The lowest BCUT2D eigenvalue weighted by atomic mass is 10.1. The number of nitrogens with one attached hydrogen (secondary N) is 2. The van der Waals surface area contributed by atoms with Crippen LogP contribution in [-0.4, -0.2) is 56.7 Å². The van der Waals surface area contributed by atoms with Crippen LogP contribution < -0.4 is 19.7 Å². The highest BCUT2D eigenvalue weighted by molar-refractivity contribution is 6.05. The zero-order chi connectivity index (χ0) is 29.3. The molecule has 0 radical (unpaired) electrons. The Morgan fingerprint density at radius 2 is 1.83 bits per heavy atom. The largest absolute Gasteiger partial charge is 0.494 e. The maximum atomic E-state index is 13.0. The van der Waals surface area contributed by atoms with Gasteiger partial charge in [0.2, 0.25) is 11.7 Å². The number of benzene rings is 3. The van der Waals surface area contributed by atoms with Crippen molar-refractivity contribution in [3.63, 3.8) is 0 Å². The van der Waals surface area contributed by atoms with Crippen LogP contribution in [-0.2, 0) is 16.0 Å². The fraction of sp³-hybridized carbons (Fsp3) is 0.267. The van der Waals surface area contributed by atoms with E-state index >= 15 is 0 Å². The molecule has 3 N–H and O–H groups in total. The van der Waals surface area contributed by atoms with Gasteiger partial charge < -0.3 is 24.8 Å². The third kappa shape index (κ3) is 7.27. The molecule has 0 saturated heterocycles. The number of carboxylic acid groups (broad SMARTS) is 1. The van der Waals surface area contributed by atoms with Gasteiger partial charge in [0.15, 0.2) is 6.10 Å². The van der Waals surface area contributed by atoms with Gasteiger partial charge in [-0.3, -0.25) is 14.4 Å². The minimum absolute atomic E-state index is 0.0517. The van der Waals surface area contributed by atoms with Crippen LogP contribution in [0, 0.1) is 0 Å². The standard InChI is InChI=1S/C30H30N6O6/c37-27(15-16-28(38)39)36-19-26(29-32-34-35-33-29)42-25-14-11-22(18-24(25)36)31-30(40)21-9-12-23(13-10-21)41-17-5-4-8-20-6-2-1-3-7-20/h1-3,6-7,9-14,18,26H,4-5,8,15-17,19H2,(H,31,40)(H,38,39)(H,32,33,34,35). The second-order valence-corrected chi connectivity index (χ2v) is 9.73. The van der Waals surface area contributed by atoms with E-state index in [4.69, 9.17) is 14.6 Å². The van der Waals surface area contributed by atoms with E-state index < -0.39 is 18.0 Å². The smallest absolute Gasteiger partial charge is 0.303 e. The lowest BCUT2D eigenvalue weighted by Gasteiger charge is -2.34. The number of tetrazole rings is 1. The Labute approximate surface area is 241 Å². The van der Waals surface area contributed by atoms with Crippen molar-refractivity contribution >= 4 is 29.2 Å². The van der Waals surface area contributed by atoms with Crippen molar-refractivity contribution in [1.29, 1.82) is 0 Å². The predicted molar refractivity (Wildman–Crippen MR) is 152 cm³/mol. The van der Waals surface area contributed by atoms with Crippen molar-refractivity contribution in [2.24, 2.45) is 0 Å². The summed E-state index contributed by atoms with van der Waals surface area (Å²) >= 11 is 0. The molecule has 42 heavy (non-hydrogen) atoms. The molecule has 12 heteroatoms. The predicted octanol–water partition coefficient (Wildman–Crippen LogP) is 4.19. The summed E-state index contributed by atoms with van der Waals surface area (Å²) in [5.74, 6) is -0.517. The Morgan fingerprint density at radius 1 is 1.02 bits per heavy atom. The van der Waals surface area contributed by atoms with E-state index in [-0.39, 0.29) is 31.1 Å². The van der Waals surface area contributed by atoms with Crippen molar-refractivity contribution in [3.8, 4) is 11.5 Å². The number of aromatic amines is 1. The number of ether oxygens (including phenoxy) is 2. The molecule has 0 fully saturated rings. The molecule has 216 valence electrons. The number of unbranched alkanes of at least 4 members (excludes halogenated alkanes) is 1. The molecular weight excluding hydrogens is 540 g/mol.